The van der Waals surface area contributed by atoms with Crippen molar-refractivity contribution in [3.63, 3.8) is 0 Å². The van der Waals surface area contributed by atoms with Gasteiger partial charge >= 0.3 is 0 Å². The largest absolute Gasteiger partial charge is 0.352 e. The third kappa shape index (κ3) is 4.50. The van der Waals surface area contributed by atoms with Crippen LogP contribution in [-0.4, -0.2) is 32.0 Å². The molecule has 1 aliphatic heterocycles. The number of nitrogens with zero attached hydrogens (tertiary/aromatic N) is 3. The molecule has 182 valence electrons. The van der Waals surface area contributed by atoms with E-state index in [4.69, 9.17) is 12.2 Å². The fourth-order valence-electron chi connectivity index (χ4n) is 5.06. The van der Waals surface area contributed by atoms with E-state index in [2.05, 4.69) is 71.3 Å². The quantitative estimate of drug-likeness (QED) is 0.350. The molecule has 0 spiro atoms. The van der Waals surface area contributed by atoms with Crippen LogP contribution in [0.25, 0.3) is 5.69 Å². The van der Waals surface area contributed by atoms with Crippen molar-refractivity contribution in [2.24, 2.45) is 0 Å². The number of hydrogen-bond acceptors (Lipinski definition) is 3. The fraction of sp³-hybridized carbons (Fsp3) is 0.207. The monoisotopic (exact) mass is 495 g/mol. The highest BCUT2D eigenvalue weighted by atomic mass is 32.1. The van der Waals surface area contributed by atoms with Crippen LogP contribution in [0.4, 0.5) is 5.69 Å². The summed E-state index contributed by atoms with van der Waals surface area (Å²) in [5, 5.41) is 6.98. The van der Waals surface area contributed by atoms with E-state index in [-0.39, 0.29) is 24.5 Å². The minimum Gasteiger partial charge on any atom is -0.352 e. The first-order valence-corrected chi connectivity index (χ1v) is 12.4. The van der Waals surface area contributed by atoms with Crippen molar-refractivity contribution < 1.29 is 4.79 Å². The highest BCUT2D eigenvalue weighted by Gasteiger charge is 2.42. The number of amides is 1. The maximum atomic E-state index is 13.1. The van der Waals surface area contributed by atoms with Gasteiger partial charge in [-0.25, -0.2) is 0 Å². The molecule has 1 aliphatic rings. The molecule has 0 unspecified atom stereocenters. The molecule has 3 heterocycles. The fourth-order valence-corrected chi connectivity index (χ4v) is 5.37. The van der Waals surface area contributed by atoms with Crippen LogP contribution in [0.15, 0.2) is 85.1 Å². The third-order valence-electron chi connectivity index (χ3n) is 6.71. The Morgan fingerprint density at radius 1 is 1.00 bits per heavy atom. The maximum Gasteiger partial charge on any atom is 0.244 e. The molecule has 0 saturated carbocycles. The normalized spacial score (nSPS) is 17.2. The first kappa shape index (κ1) is 23.8. The van der Waals surface area contributed by atoms with Crippen molar-refractivity contribution in [2.45, 2.75) is 32.9 Å². The number of benzene rings is 2. The van der Waals surface area contributed by atoms with Crippen LogP contribution in [-0.2, 0) is 4.79 Å². The van der Waals surface area contributed by atoms with E-state index >= 15 is 0 Å². The highest BCUT2D eigenvalue weighted by molar-refractivity contribution is 7.80. The first-order chi connectivity index (χ1) is 17.4. The molecule has 0 bridgehead atoms. The number of pyridine rings is 1. The van der Waals surface area contributed by atoms with Crippen LogP contribution >= 0.6 is 12.2 Å². The van der Waals surface area contributed by atoms with Gasteiger partial charge in [-0.15, -0.1) is 0 Å². The summed E-state index contributed by atoms with van der Waals surface area (Å²) >= 11 is 5.78. The number of carbonyl (C=O) groups excluding carboxylic acids is 1. The van der Waals surface area contributed by atoms with Gasteiger partial charge in [0.1, 0.15) is 6.54 Å². The molecule has 1 amide bonds. The Kier molecular flexibility index (Phi) is 6.57. The summed E-state index contributed by atoms with van der Waals surface area (Å²) in [5.74, 6) is -0.121. The molecule has 36 heavy (non-hydrogen) atoms. The van der Waals surface area contributed by atoms with Crippen molar-refractivity contribution in [1.29, 1.82) is 0 Å². The highest BCUT2D eigenvalue weighted by Crippen LogP contribution is 2.41. The molecule has 2 atom stereocenters. The molecule has 2 N–H and O–H groups in total. The lowest BCUT2D eigenvalue weighted by Gasteiger charge is -2.27. The van der Waals surface area contributed by atoms with Crippen molar-refractivity contribution >= 4 is 28.9 Å². The SMILES string of the molecule is Cc1ccccc1-n1c(C)cc([C@@H]2[C@@H](c3ccccn3)NC(=S)N2CC(=O)Nc2ccccc2)c1C. The van der Waals surface area contributed by atoms with Crippen molar-refractivity contribution in [2.75, 3.05) is 11.9 Å². The molecule has 2 aromatic heterocycles. The van der Waals surface area contributed by atoms with Gasteiger partial charge in [-0.2, -0.15) is 0 Å². The van der Waals surface area contributed by atoms with Gasteiger partial charge in [0.15, 0.2) is 5.11 Å². The third-order valence-corrected chi connectivity index (χ3v) is 7.07. The van der Waals surface area contributed by atoms with Crippen LogP contribution in [0, 0.1) is 20.8 Å². The lowest BCUT2D eigenvalue weighted by Crippen LogP contribution is -2.37. The molecule has 6 nitrogen and oxygen atoms in total. The van der Waals surface area contributed by atoms with E-state index in [0.29, 0.717) is 5.11 Å². The zero-order valence-electron chi connectivity index (χ0n) is 20.6. The van der Waals surface area contributed by atoms with Crippen LogP contribution in [0.5, 0.6) is 0 Å². The molecule has 1 saturated heterocycles. The molecule has 7 heteroatoms. The minimum atomic E-state index is -0.196. The van der Waals surface area contributed by atoms with E-state index in [0.717, 1.165) is 34.0 Å². The Bertz CT molecular complexity index is 1400. The average Bonchev–Trinajstić information content (AvgIpc) is 3.35. The number of para-hydroxylation sites is 2. The van der Waals surface area contributed by atoms with Gasteiger partial charge in [0, 0.05) is 29.0 Å². The predicted molar refractivity (Wildman–Crippen MR) is 147 cm³/mol. The number of rotatable bonds is 6. The summed E-state index contributed by atoms with van der Waals surface area (Å²) in [6.07, 6.45) is 1.79. The van der Waals surface area contributed by atoms with Crippen LogP contribution in [0.1, 0.15) is 40.3 Å². The number of thiocarbonyl (C=S) groups is 1. The van der Waals surface area contributed by atoms with Gasteiger partial charge in [-0.1, -0.05) is 42.5 Å². The van der Waals surface area contributed by atoms with Crippen molar-refractivity contribution in [1.82, 2.24) is 19.8 Å². The number of aryl methyl sites for hydroxylation is 2. The molecule has 2 aromatic carbocycles. The Morgan fingerprint density at radius 3 is 2.44 bits per heavy atom. The van der Waals surface area contributed by atoms with Gasteiger partial charge in [0.25, 0.3) is 0 Å². The standard InChI is InChI=1S/C29H29N5OS/c1-19-11-7-8-15-25(19)34-20(2)17-23(21(34)3)28-27(24-14-9-10-16-30-24)32-29(36)33(28)18-26(35)31-22-12-5-4-6-13-22/h4-17,27-28H,18H2,1-3H3,(H,31,35)(H,32,36)/t27-,28-/m1/s1. The van der Waals surface area contributed by atoms with E-state index < -0.39 is 0 Å². The summed E-state index contributed by atoms with van der Waals surface area (Å²) in [7, 11) is 0. The minimum absolute atomic E-state index is 0.121. The van der Waals surface area contributed by atoms with E-state index in [1.165, 1.54) is 5.56 Å². The Labute approximate surface area is 217 Å². The second-order valence-electron chi connectivity index (χ2n) is 9.12. The Hall–Kier alpha value is -3.97. The topological polar surface area (TPSA) is 62.2 Å². The second kappa shape index (κ2) is 9.95. The van der Waals surface area contributed by atoms with E-state index in [1.807, 2.05) is 53.4 Å². The van der Waals surface area contributed by atoms with Gasteiger partial charge in [-0.3, -0.25) is 9.78 Å². The molecule has 0 radical (unpaired) electrons. The Balaban J connectivity index is 1.55. The lowest BCUT2D eigenvalue weighted by molar-refractivity contribution is -0.116. The van der Waals surface area contributed by atoms with Gasteiger partial charge in [0.05, 0.1) is 17.8 Å². The molecule has 0 aliphatic carbocycles. The van der Waals surface area contributed by atoms with Gasteiger partial charge < -0.3 is 20.1 Å². The van der Waals surface area contributed by atoms with Crippen molar-refractivity contribution in [3.8, 4) is 5.69 Å². The zero-order valence-corrected chi connectivity index (χ0v) is 21.4. The number of carbonyl (C=O) groups is 1. The molecule has 4 aromatic rings. The molecule has 1 fully saturated rings. The first-order valence-electron chi connectivity index (χ1n) is 12.0. The lowest BCUT2D eigenvalue weighted by atomic mass is 9.96. The molecule has 5 rings (SSSR count). The molecular formula is C29H29N5OS. The summed E-state index contributed by atoms with van der Waals surface area (Å²) in [5.41, 5.74) is 7.36. The summed E-state index contributed by atoms with van der Waals surface area (Å²) < 4.78 is 2.28. The zero-order chi connectivity index (χ0) is 25.2. The number of anilines is 1. The summed E-state index contributed by atoms with van der Waals surface area (Å²) in [4.78, 5) is 19.7. The van der Waals surface area contributed by atoms with E-state index in [1.54, 1.807) is 6.20 Å². The van der Waals surface area contributed by atoms with Gasteiger partial charge in [0.2, 0.25) is 5.91 Å². The average molecular weight is 496 g/mol. The van der Waals surface area contributed by atoms with E-state index in [9.17, 15) is 4.79 Å². The number of nitrogens with one attached hydrogen (secondary N) is 2. The smallest absolute Gasteiger partial charge is 0.244 e. The number of aromatic nitrogens is 2. The number of hydrogen-bond donors (Lipinski definition) is 2. The maximum absolute atomic E-state index is 13.1. The second-order valence-corrected chi connectivity index (χ2v) is 9.50. The van der Waals surface area contributed by atoms with Gasteiger partial charge in [-0.05, 0) is 80.5 Å². The van der Waals surface area contributed by atoms with Crippen LogP contribution in [0.3, 0.4) is 0 Å². The van der Waals surface area contributed by atoms with Crippen LogP contribution in [0.2, 0.25) is 0 Å². The summed E-state index contributed by atoms with van der Waals surface area (Å²) in [6, 6.07) is 25.6. The Morgan fingerprint density at radius 2 is 1.72 bits per heavy atom. The molecular weight excluding hydrogens is 466 g/mol. The predicted octanol–water partition coefficient (Wildman–Crippen LogP) is 5.41. The van der Waals surface area contributed by atoms with Crippen molar-refractivity contribution in [3.05, 3.63) is 113 Å². The summed E-state index contributed by atoms with van der Waals surface area (Å²) in [6.45, 7) is 6.50. The van der Waals surface area contributed by atoms with Crippen LogP contribution < -0.4 is 10.6 Å².